The summed E-state index contributed by atoms with van der Waals surface area (Å²) in [6.45, 7) is 19.1. The Morgan fingerprint density at radius 1 is 0.902 bits per heavy atom. The number of Topliss-reactive ketones (excluding diaryl/α,β-unsaturated/α-hetero) is 1. The van der Waals surface area contributed by atoms with Gasteiger partial charge in [0.15, 0.2) is 0 Å². The van der Waals surface area contributed by atoms with Gasteiger partial charge in [-0.1, -0.05) is 74.1 Å². The number of amides is 6. The van der Waals surface area contributed by atoms with E-state index in [1.54, 1.807) is 9.80 Å². The van der Waals surface area contributed by atoms with E-state index >= 15 is 0 Å². The predicted molar refractivity (Wildman–Crippen MR) is 191 cm³/mol. The Morgan fingerprint density at radius 2 is 1.55 bits per heavy atom. The molecular weight excluding hydrogens is 652 g/mol. The number of carbonyl (C=O) groups is 6. The lowest BCUT2D eigenvalue weighted by Gasteiger charge is -2.44. The highest BCUT2D eigenvalue weighted by Gasteiger charge is 2.85. The molecule has 1 unspecified atom stereocenters. The van der Waals surface area contributed by atoms with E-state index in [1.165, 1.54) is 0 Å². The van der Waals surface area contributed by atoms with Gasteiger partial charge in [0.05, 0.1) is 24.8 Å². The molecule has 3 aliphatic carbocycles. The molecule has 286 valence electrons. The summed E-state index contributed by atoms with van der Waals surface area (Å²) in [4.78, 5) is 84.9. The predicted octanol–water partition coefficient (Wildman–Crippen LogP) is 2.89. The van der Waals surface area contributed by atoms with Crippen LogP contribution in [0.5, 0.6) is 0 Å². The first-order valence-electron chi connectivity index (χ1n) is 19.0. The van der Waals surface area contributed by atoms with Crippen LogP contribution in [0.25, 0.3) is 0 Å². The van der Waals surface area contributed by atoms with E-state index < -0.39 is 64.7 Å². The van der Waals surface area contributed by atoms with Gasteiger partial charge >= 0.3 is 6.03 Å². The second-order valence-electron chi connectivity index (χ2n) is 18.6. The van der Waals surface area contributed by atoms with Crippen LogP contribution in [0, 0.1) is 33.5 Å². The molecule has 2 aliphatic heterocycles. The Kier molecular flexibility index (Phi) is 10.4. The minimum Gasteiger partial charge on any atom is -0.377 e. The van der Waals surface area contributed by atoms with Gasteiger partial charge in [0.25, 0.3) is 5.91 Å². The molecule has 2 heterocycles. The molecule has 5 N–H and O–H groups in total. The zero-order chi connectivity index (χ0) is 37.9. The molecular formula is C38H62N6O7. The minimum atomic E-state index is -1.09. The molecule has 2 spiro atoms. The third-order valence-corrected chi connectivity index (χ3v) is 13.6. The van der Waals surface area contributed by atoms with Crippen molar-refractivity contribution in [2.24, 2.45) is 39.2 Å². The van der Waals surface area contributed by atoms with Gasteiger partial charge < -0.3 is 36.2 Å². The number of ketones is 1. The molecule has 2 saturated heterocycles. The van der Waals surface area contributed by atoms with E-state index in [0.717, 1.165) is 38.5 Å². The highest BCUT2D eigenvalue weighted by Crippen LogP contribution is 2.88. The van der Waals surface area contributed by atoms with Crippen LogP contribution in [0.4, 0.5) is 4.79 Å². The van der Waals surface area contributed by atoms with Crippen molar-refractivity contribution in [3.8, 4) is 0 Å². The number of carbonyl (C=O) groups excluding carboxylic acids is 6. The summed E-state index contributed by atoms with van der Waals surface area (Å²) in [6, 6.07) is -4.48. The molecule has 0 radical (unpaired) electrons. The maximum absolute atomic E-state index is 14.8. The lowest BCUT2D eigenvalue weighted by atomic mass is 9.73. The topological polar surface area (TPSA) is 180 Å². The molecule has 6 amide bonds. The third-order valence-electron chi connectivity index (χ3n) is 13.6. The number of hydrogen-bond acceptors (Lipinski definition) is 7. The largest absolute Gasteiger partial charge is 0.377 e. The molecule has 51 heavy (non-hydrogen) atoms. The monoisotopic (exact) mass is 714 g/mol. The number of ether oxygens (including phenoxy) is 1. The summed E-state index contributed by atoms with van der Waals surface area (Å²) in [6.07, 6.45) is 6.77. The Morgan fingerprint density at radius 3 is 2.02 bits per heavy atom. The molecule has 3 saturated carbocycles. The van der Waals surface area contributed by atoms with Crippen LogP contribution in [0.1, 0.15) is 114 Å². The summed E-state index contributed by atoms with van der Waals surface area (Å²) in [5.74, 6) is -3.03. The van der Waals surface area contributed by atoms with Crippen LogP contribution in [0.2, 0.25) is 0 Å². The van der Waals surface area contributed by atoms with Gasteiger partial charge in [-0.3, -0.25) is 24.0 Å². The zero-order valence-electron chi connectivity index (χ0n) is 32.3. The quantitative estimate of drug-likeness (QED) is 0.238. The van der Waals surface area contributed by atoms with Crippen LogP contribution in [0.3, 0.4) is 0 Å². The standard InChI is InChI=1S/C38H62N6O7/c1-22(2)26(31(48)44-16-17-51-21-35(44,6)7)41-33(50)42-28(34(3,4)5)32(49)43-20-38(36(8,9)37(38)14-11-15-37)19-25(43)30(47)40-24(27(45)29(39)46)18-23-12-10-13-23/h22-26,28H,10-21H2,1-9H3,(H2,39,46)(H,40,47)(H2,41,42,50)/t24?,25-,26-,28+,38+/m0/s1. The third kappa shape index (κ3) is 6.76. The van der Waals surface area contributed by atoms with E-state index in [1.807, 2.05) is 48.5 Å². The Hall–Kier alpha value is -3.22. The average Bonchev–Trinajstić information content (AvgIpc) is 3.20. The van der Waals surface area contributed by atoms with E-state index in [2.05, 4.69) is 29.8 Å². The number of nitrogens with zero attached hydrogens (tertiary/aromatic N) is 2. The van der Waals surface area contributed by atoms with Gasteiger partial charge in [0.1, 0.15) is 18.1 Å². The van der Waals surface area contributed by atoms with Crippen LogP contribution in [0.15, 0.2) is 0 Å². The number of fused-ring (bicyclic) bond motifs is 1. The first-order valence-corrected chi connectivity index (χ1v) is 19.0. The van der Waals surface area contributed by atoms with Crippen molar-refractivity contribution in [2.75, 3.05) is 26.3 Å². The summed E-state index contributed by atoms with van der Waals surface area (Å²) in [5.41, 5.74) is 3.71. The van der Waals surface area contributed by atoms with E-state index in [-0.39, 0.29) is 34.0 Å². The maximum atomic E-state index is 14.8. The first-order chi connectivity index (χ1) is 23.6. The summed E-state index contributed by atoms with van der Waals surface area (Å²) in [5, 5.41) is 8.63. The zero-order valence-corrected chi connectivity index (χ0v) is 32.3. The highest BCUT2D eigenvalue weighted by atomic mass is 16.5. The van der Waals surface area contributed by atoms with Crippen molar-refractivity contribution in [1.29, 1.82) is 0 Å². The van der Waals surface area contributed by atoms with E-state index in [4.69, 9.17) is 10.5 Å². The highest BCUT2D eigenvalue weighted by molar-refractivity contribution is 6.37. The van der Waals surface area contributed by atoms with Crippen LogP contribution in [-0.4, -0.2) is 101 Å². The smallest absolute Gasteiger partial charge is 0.316 e. The second-order valence-corrected chi connectivity index (χ2v) is 18.6. The van der Waals surface area contributed by atoms with Gasteiger partial charge in [-0.15, -0.1) is 0 Å². The number of rotatable bonds is 11. The van der Waals surface area contributed by atoms with Gasteiger partial charge in [-0.25, -0.2) is 4.79 Å². The van der Waals surface area contributed by atoms with Crippen molar-refractivity contribution in [1.82, 2.24) is 25.8 Å². The molecule has 5 rings (SSSR count). The Bertz CT molecular complexity index is 1430. The van der Waals surface area contributed by atoms with Crippen molar-refractivity contribution in [2.45, 2.75) is 143 Å². The van der Waals surface area contributed by atoms with Gasteiger partial charge in [-0.2, -0.15) is 0 Å². The summed E-state index contributed by atoms with van der Waals surface area (Å²) < 4.78 is 5.60. The lowest BCUT2D eigenvalue weighted by Crippen LogP contribution is -2.64. The molecule has 13 heteroatoms. The molecule has 0 aromatic heterocycles. The van der Waals surface area contributed by atoms with Gasteiger partial charge in [-0.05, 0) is 67.6 Å². The molecule has 13 nitrogen and oxygen atoms in total. The van der Waals surface area contributed by atoms with Crippen molar-refractivity contribution in [3.05, 3.63) is 0 Å². The van der Waals surface area contributed by atoms with Gasteiger partial charge in [0.2, 0.25) is 23.5 Å². The number of hydrogen-bond donors (Lipinski definition) is 4. The van der Waals surface area contributed by atoms with Crippen LogP contribution in [-0.2, 0) is 28.7 Å². The Balaban J connectivity index is 1.39. The van der Waals surface area contributed by atoms with E-state index in [9.17, 15) is 28.8 Å². The minimum absolute atomic E-state index is 0.0160. The SMILES string of the molecule is CC(C)[C@H](NC(=O)N[C@H](C(=O)N1C[C@]2(C[C@H]1C(=O)NC(CC1CCC1)C(=O)C(N)=O)C(C)(C)C21CCC1)C(C)(C)C)C(=O)N1CCOCC1(C)C. The first kappa shape index (κ1) is 39.0. The normalized spacial score (nSPS) is 27.9. The van der Waals surface area contributed by atoms with Crippen molar-refractivity contribution < 1.29 is 33.5 Å². The molecule has 0 aromatic carbocycles. The molecule has 0 aromatic rings. The Labute approximate surface area is 303 Å². The van der Waals surface area contributed by atoms with Gasteiger partial charge in [0, 0.05) is 18.5 Å². The molecule has 5 atom stereocenters. The van der Waals surface area contributed by atoms with Crippen LogP contribution < -0.4 is 21.7 Å². The van der Waals surface area contributed by atoms with Crippen molar-refractivity contribution in [3.63, 3.8) is 0 Å². The molecule has 5 aliphatic rings. The molecule has 0 bridgehead atoms. The van der Waals surface area contributed by atoms with E-state index in [0.29, 0.717) is 39.1 Å². The number of nitrogens with two attached hydrogens (primary N) is 1. The number of morpholine rings is 1. The summed E-state index contributed by atoms with van der Waals surface area (Å²) in [7, 11) is 0. The average molecular weight is 715 g/mol. The fourth-order valence-corrected chi connectivity index (χ4v) is 9.87. The number of likely N-dealkylation sites (tertiary alicyclic amines) is 1. The van der Waals surface area contributed by atoms with Crippen molar-refractivity contribution >= 4 is 35.4 Å². The lowest BCUT2D eigenvalue weighted by molar-refractivity contribution is -0.149. The molecule has 5 fully saturated rings. The summed E-state index contributed by atoms with van der Waals surface area (Å²) >= 11 is 0. The fourth-order valence-electron chi connectivity index (χ4n) is 9.87. The van der Waals surface area contributed by atoms with Crippen LogP contribution >= 0.6 is 0 Å². The number of primary amides is 1. The fraction of sp³-hybridized carbons (Fsp3) is 0.842. The number of urea groups is 1. The second kappa shape index (κ2) is 13.6. The number of nitrogens with one attached hydrogen (secondary N) is 3. The maximum Gasteiger partial charge on any atom is 0.316 e.